The van der Waals surface area contributed by atoms with Crippen LogP contribution < -0.4 is 16.0 Å². The number of nitrogens with one attached hydrogen (secondary N) is 4. The number of aromatic amines is 1. The Kier molecular flexibility index (Phi) is 6.87. The van der Waals surface area contributed by atoms with Crippen molar-refractivity contribution in [3.63, 3.8) is 0 Å². The van der Waals surface area contributed by atoms with Gasteiger partial charge in [0.15, 0.2) is 0 Å². The van der Waals surface area contributed by atoms with Crippen molar-refractivity contribution >= 4 is 22.8 Å². The fourth-order valence-electron chi connectivity index (χ4n) is 5.04. The summed E-state index contributed by atoms with van der Waals surface area (Å²) in [7, 11) is 1.75. The molecule has 0 spiro atoms. The van der Waals surface area contributed by atoms with Gasteiger partial charge >= 0.3 is 0 Å². The lowest BCUT2D eigenvalue weighted by molar-refractivity contribution is 0.0935. The minimum Gasteiger partial charge on any atom is -0.359 e. The van der Waals surface area contributed by atoms with E-state index in [0.717, 1.165) is 42.3 Å². The number of aromatic nitrogens is 1. The number of aliphatic imine (C=N–C) groups is 1. The number of hydrogen-bond acceptors (Lipinski definition) is 3. The van der Waals surface area contributed by atoms with E-state index in [2.05, 4.69) is 64.0 Å². The quantitative estimate of drug-likeness (QED) is 0.264. The van der Waals surface area contributed by atoms with Crippen LogP contribution in [-0.4, -0.2) is 36.5 Å². The van der Waals surface area contributed by atoms with Gasteiger partial charge in [-0.05, 0) is 62.8 Å². The predicted molar refractivity (Wildman–Crippen MR) is 136 cm³/mol. The maximum atomic E-state index is 13.1. The second kappa shape index (κ2) is 10.0. The molecule has 0 atom stereocenters. The third kappa shape index (κ3) is 4.76. The molecule has 0 aliphatic heterocycles. The summed E-state index contributed by atoms with van der Waals surface area (Å²) in [6, 6.07) is 16.6. The molecule has 1 heterocycles. The summed E-state index contributed by atoms with van der Waals surface area (Å²) in [6.45, 7) is 4.72. The maximum Gasteiger partial charge on any atom is 0.251 e. The first-order chi connectivity index (χ1) is 16.5. The van der Waals surface area contributed by atoms with Crippen LogP contribution in [-0.2, 0) is 5.41 Å². The summed E-state index contributed by atoms with van der Waals surface area (Å²) in [6.07, 6.45) is 5.51. The van der Waals surface area contributed by atoms with Crippen LogP contribution in [0.4, 0.5) is 0 Å². The van der Waals surface area contributed by atoms with Crippen molar-refractivity contribution in [2.45, 2.75) is 51.0 Å². The number of H-pyrrole nitrogens is 1. The van der Waals surface area contributed by atoms with Gasteiger partial charge in [-0.3, -0.25) is 4.79 Å². The second-order valence-corrected chi connectivity index (χ2v) is 9.19. The molecule has 1 saturated carbocycles. The molecule has 34 heavy (non-hydrogen) atoms. The van der Waals surface area contributed by atoms with Gasteiger partial charge in [-0.1, -0.05) is 36.4 Å². The van der Waals surface area contributed by atoms with Gasteiger partial charge in [0.25, 0.3) is 5.91 Å². The number of hydrogen-bond donors (Lipinski definition) is 4. The Bertz CT molecular complexity index is 1230. The molecular formula is C27H32N6O. The van der Waals surface area contributed by atoms with Crippen molar-refractivity contribution in [1.29, 1.82) is 5.26 Å². The molecule has 0 saturated heterocycles. The Morgan fingerprint density at radius 1 is 1.18 bits per heavy atom. The van der Waals surface area contributed by atoms with Gasteiger partial charge < -0.3 is 20.9 Å². The van der Waals surface area contributed by atoms with Crippen molar-refractivity contribution < 1.29 is 4.79 Å². The number of nitriles is 1. The molecule has 0 radical (unpaired) electrons. The number of guanidine groups is 1. The first-order valence-corrected chi connectivity index (χ1v) is 11.8. The number of fused-ring (bicyclic) bond motifs is 1. The van der Waals surface area contributed by atoms with E-state index in [4.69, 9.17) is 5.26 Å². The van der Waals surface area contributed by atoms with Gasteiger partial charge in [-0.15, -0.1) is 4.99 Å². The Morgan fingerprint density at radius 2 is 1.91 bits per heavy atom. The summed E-state index contributed by atoms with van der Waals surface area (Å²) in [4.78, 5) is 20.3. The Morgan fingerprint density at radius 3 is 2.59 bits per heavy atom. The molecule has 2 aromatic carbocycles. The molecule has 1 aromatic heterocycles. The Balaban J connectivity index is 1.49. The molecule has 0 bridgehead atoms. The monoisotopic (exact) mass is 456 g/mol. The minimum absolute atomic E-state index is 0.0546. The lowest BCUT2D eigenvalue weighted by atomic mass is 9.68. The van der Waals surface area contributed by atoms with Gasteiger partial charge in [0.1, 0.15) is 0 Å². The molecule has 1 fully saturated rings. The van der Waals surface area contributed by atoms with Crippen LogP contribution in [0.1, 0.15) is 52.9 Å². The van der Waals surface area contributed by atoms with E-state index in [9.17, 15) is 4.79 Å². The van der Waals surface area contributed by atoms with Gasteiger partial charge in [0.2, 0.25) is 12.2 Å². The third-order valence-corrected chi connectivity index (χ3v) is 7.23. The highest BCUT2D eigenvalue weighted by Gasteiger charge is 2.37. The minimum atomic E-state index is -0.134. The number of benzene rings is 2. The average molecular weight is 457 g/mol. The van der Waals surface area contributed by atoms with Crippen molar-refractivity contribution in [3.05, 3.63) is 70.9 Å². The smallest absolute Gasteiger partial charge is 0.251 e. The number of aryl methyl sites for hydroxylation is 2. The number of carbonyl (C=O) groups excluding carboxylic acids is 1. The second-order valence-electron chi connectivity index (χ2n) is 9.19. The molecule has 7 heteroatoms. The van der Waals surface area contributed by atoms with Crippen molar-refractivity contribution in [2.24, 2.45) is 4.99 Å². The van der Waals surface area contributed by atoms with E-state index in [1.807, 2.05) is 30.5 Å². The van der Waals surface area contributed by atoms with Crippen molar-refractivity contribution in [1.82, 2.24) is 20.9 Å². The Labute approximate surface area is 200 Å². The van der Waals surface area contributed by atoms with Gasteiger partial charge in [0, 0.05) is 47.2 Å². The normalized spacial score (nSPS) is 20.5. The zero-order valence-corrected chi connectivity index (χ0v) is 20.0. The highest BCUT2D eigenvalue weighted by Crippen LogP contribution is 2.39. The highest BCUT2D eigenvalue weighted by atomic mass is 16.1. The largest absolute Gasteiger partial charge is 0.359 e. The molecule has 4 N–H and O–H groups in total. The molecule has 1 aliphatic rings. The summed E-state index contributed by atoms with van der Waals surface area (Å²) in [5, 5.41) is 19.5. The third-order valence-electron chi connectivity index (χ3n) is 7.23. The standard InChI is InChI=1S/C27H32N6O/c1-18-19(2)32-24-15-20(9-10-23(18)24)25(34)30-16-27(21-7-5-4-6-8-21)13-11-22(12-14-27)33-26(29-3)31-17-28/h4-10,15,22,32H,11-14,16H2,1-3H3,(H,30,34)(H2,29,31,33)/t22-,27-. The van der Waals surface area contributed by atoms with Crippen LogP contribution in [0, 0.1) is 25.3 Å². The fraction of sp³-hybridized carbons (Fsp3) is 0.370. The van der Waals surface area contributed by atoms with E-state index in [0.29, 0.717) is 18.1 Å². The van der Waals surface area contributed by atoms with Crippen LogP contribution in [0.2, 0.25) is 0 Å². The molecule has 4 rings (SSSR count). The van der Waals surface area contributed by atoms with E-state index < -0.39 is 0 Å². The summed E-state index contributed by atoms with van der Waals surface area (Å²) < 4.78 is 0. The van der Waals surface area contributed by atoms with E-state index >= 15 is 0 Å². The molecular weight excluding hydrogens is 424 g/mol. The zero-order valence-electron chi connectivity index (χ0n) is 20.0. The number of amides is 1. The van der Waals surface area contributed by atoms with Crippen LogP contribution >= 0.6 is 0 Å². The lowest BCUT2D eigenvalue weighted by Crippen LogP contribution is -2.49. The lowest BCUT2D eigenvalue weighted by Gasteiger charge is -2.41. The summed E-state index contributed by atoms with van der Waals surface area (Å²) in [5.41, 5.74) is 5.12. The highest BCUT2D eigenvalue weighted by molar-refractivity contribution is 5.98. The van der Waals surface area contributed by atoms with E-state index in [1.165, 1.54) is 11.1 Å². The molecule has 176 valence electrons. The Hall–Kier alpha value is -3.79. The first kappa shape index (κ1) is 23.4. The average Bonchev–Trinajstić information content (AvgIpc) is 3.16. The number of nitrogens with zero attached hydrogens (tertiary/aromatic N) is 2. The van der Waals surface area contributed by atoms with Crippen molar-refractivity contribution in [3.8, 4) is 6.19 Å². The summed E-state index contributed by atoms with van der Waals surface area (Å²) >= 11 is 0. The van der Waals surface area contributed by atoms with Crippen molar-refractivity contribution in [2.75, 3.05) is 13.6 Å². The van der Waals surface area contributed by atoms with Crippen LogP contribution in [0.25, 0.3) is 10.9 Å². The van der Waals surface area contributed by atoms with E-state index in [-0.39, 0.29) is 17.4 Å². The summed E-state index contributed by atoms with van der Waals surface area (Å²) in [5.74, 6) is 0.444. The number of rotatable bonds is 5. The maximum absolute atomic E-state index is 13.1. The topological polar surface area (TPSA) is 105 Å². The van der Waals surface area contributed by atoms with Gasteiger partial charge in [-0.25, -0.2) is 0 Å². The molecule has 3 aromatic rings. The van der Waals surface area contributed by atoms with Gasteiger partial charge in [0.05, 0.1) is 0 Å². The predicted octanol–water partition coefficient (Wildman–Crippen LogP) is 4.04. The molecule has 7 nitrogen and oxygen atoms in total. The van der Waals surface area contributed by atoms with Gasteiger partial charge in [-0.2, -0.15) is 5.26 Å². The molecule has 0 unspecified atom stereocenters. The van der Waals surface area contributed by atoms with Crippen LogP contribution in [0.15, 0.2) is 53.5 Å². The zero-order chi connectivity index (χ0) is 24.1. The SMILES string of the molecule is CN/C(=N\C#N)N[C@H]1CC[C@](CNC(=O)c2ccc3c(C)c(C)[nH]c3c2)(c2ccccc2)CC1. The fourth-order valence-corrected chi connectivity index (χ4v) is 5.04. The first-order valence-electron chi connectivity index (χ1n) is 11.8. The molecule has 1 aliphatic carbocycles. The van der Waals surface area contributed by atoms with Crippen LogP contribution in [0.5, 0.6) is 0 Å². The van der Waals surface area contributed by atoms with Crippen LogP contribution in [0.3, 0.4) is 0 Å². The number of carbonyl (C=O) groups is 1. The van der Waals surface area contributed by atoms with E-state index in [1.54, 1.807) is 7.05 Å². The molecule has 1 amide bonds.